The van der Waals surface area contributed by atoms with Gasteiger partial charge in [0, 0.05) is 43.5 Å². The molecule has 0 fully saturated rings. The van der Waals surface area contributed by atoms with Gasteiger partial charge in [-0.05, 0) is 49.9 Å². The lowest BCUT2D eigenvalue weighted by molar-refractivity contribution is -0.623. The highest BCUT2D eigenvalue weighted by Gasteiger charge is 2.21. The van der Waals surface area contributed by atoms with Crippen molar-refractivity contribution in [2.45, 2.75) is 6.92 Å². The number of anilines is 1. The molecule has 0 radical (unpaired) electrons. The summed E-state index contributed by atoms with van der Waals surface area (Å²) in [5.74, 6) is 2.03. The van der Waals surface area contributed by atoms with E-state index in [1.807, 2.05) is 58.9 Å². The second-order valence-corrected chi connectivity index (χ2v) is 8.17. The van der Waals surface area contributed by atoms with Crippen LogP contribution in [0.3, 0.4) is 0 Å². The average molecular weight is 449 g/mol. The van der Waals surface area contributed by atoms with Gasteiger partial charge in [-0.2, -0.15) is 0 Å². The second kappa shape index (κ2) is 9.41. The van der Waals surface area contributed by atoms with Crippen LogP contribution in [-0.2, 0) is 0 Å². The first-order valence-corrected chi connectivity index (χ1v) is 10.7. The molecule has 0 aliphatic carbocycles. The maximum absolute atomic E-state index is 5.46. The Morgan fingerprint density at radius 1 is 0.970 bits per heavy atom. The number of ether oxygens (including phenoxy) is 2. The zero-order valence-electron chi connectivity index (χ0n) is 20.0. The van der Waals surface area contributed by atoms with Gasteiger partial charge in [-0.15, -0.1) is 4.52 Å². The quantitative estimate of drug-likeness (QED) is 0.383. The lowest BCUT2D eigenvalue weighted by Gasteiger charge is -2.19. The maximum Gasteiger partial charge on any atom is 0.225 e. The SMILES string of the molecule is COc1ccc(-c2cc[n+]3cc(C)c(-c4ccnc(N(C)CCN(C)C)n4)n3n2)cc1OC. The molecule has 4 rings (SSSR count). The molecule has 9 nitrogen and oxygen atoms in total. The van der Waals surface area contributed by atoms with Gasteiger partial charge in [-0.1, -0.05) is 0 Å². The molecule has 172 valence electrons. The third-order valence-corrected chi connectivity index (χ3v) is 5.49. The van der Waals surface area contributed by atoms with Gasteiger partial charge in [0.05, 0.1) is 19.3 Å². The molecule has 0 amide bonds. The first-order valence-electron chi connectivity index (χ1n) is 10.7. The molecule has 4 aromatic rings. The number of likely N-dealkylation sites (N-methyl/N-ethyl adjacent to an activating group) is 2. The third kappa shape index (κ3) is 4.58. The van der Waals surface area contributed by atoms with E-state index >= 15 is 0 Å². The highest BCUT2D eigenvalue weighted by molar-refractivity contribution is 5.64. The summed E-state index contributed by atoms with van der Waals surface area (Å²) in [5.41, 5.74) is 4.54. The highest BCUT2D eigenvalue weighted by Crippen LogP contribution is 2.31. The van der Waals surface area contributed by atoms with Crippen LogP contribution in [0, 0.1) is 6.92 Å². The summed E-state index contributed by atoms with van der Waals surface area (Å²) in [7, 11) is 9.37. The Morgan fingerprint density at radius 3 is 2.48 bits per heavy atom. The lowest BCUT2D eigenvalue weighted by atomic mass is 10.1. The Balaban J connectivity index is 1.76. The van der Waals surface area contributed by atoms with Gasteiger partial charge in [0.2, 0.25) is 11.6 Å². The van der Waals surface area contributed by atoms with E-state index in [1.54, 1.807) is 20.4 Å². The van der Waals surface area contributed by atoms with E-state index in [2.05, 4.69) is 35.8 Å². The summed E-state index contributed by atoms with van der Waals surface area (Å²) >= 11 is 0. The fraction of sp³-hybridized carbons (Fsp3) is 0.333. The first kappa shape index (κ1) is 22.5. The van der Waals surface area contributed by atoms with Gasteiger partial charge in [-0.3, -0.25) is 0 Å². The molecule has 0 atom stereocenters. The highest BCUT2D eigenvalue weighted by atomic mass is 16.5. The molecule has 0 bridgehead atoms. The van der Waals surface area contributed by atoms with Crippen molar-refractivity contribution in [3.63, 3.8) is 0 Å². The number of benzene rings is 1. The Bertz CT molecular complexity index is 1270. The molecule has 0 aliphatic rings. The number of rotatable bonds is 8. The molecule has 0 unspecified atom stereocenters. The number of hydrogen-bond acceptors (Lipinski definition) is 7. The van der Waals surface area contributed by atoms with Crippen molar-refractivity contribution >= 4 is 5.95 Å². The minimum absolute atomic E-state index is 0.662. The van der Waals surface area contributed by atoms with Crippen LogP contribution >= 0.6 is 0 Å². The molecule has 3 heterocycles. The normalized spacial score (nSPS) is 11.2. The number of fused-ring (bicyclic) bond motifs is 1. The van der Waals surface area contributed by atoms with Crippen molar-refractivity contribution in [3.05, 3.63) is 54.5 Å². The molecule has 0 spiro atoms. The molecular formula is C24H30N7O2+. The Labute approximate surface area is 193 Å². The predicted molar refractivity (Wildman–Crippen MR) is 127 cm³/mol. The number of hydrogen-bond donors (Lipinski definition) is 0. The topological polar surface area (TPSA) is 72.1 Å². The van der Waals surface area contributed by atoms with Crippen LogP contribution in [0.15, 0.2) is 48.9 Å². The van der Waals surface area contributed by atoms with Crippen molar-refractivity contribution < 1.29 is 14.0 Å². The van der Waals surface area contributed by atoms with Crippen molar-refractivity contribution in [2.24, 2.45) is 0 Å². The van der Waals surface area contributed by atoms with E-state index in [0.29, 0.717) is 17.4 Å². The summed E-state index contributed by atoms with van der Waals surface area (Å²) in [6.07, 6.45) is 5.82. The van der Waals surface area contributed by atoms with Crippen LogP contribution in [0.25, 0.3) is 22.6 Å². The maximum atomic E-state index is 5.46. The molecule has 1 aromatic carbocycles. The number of nitrogens with zero attached hydrogens (tertiary/aromatic N) is 7. The molecule has 33 heavy (non-hydrogen) atoms. The van der Waals surface area contributed by atoms with Gasteiger partial charge in [0.15, 0.2) is 17.2 Å². The smallest absolute Gasteiger partial charge is 0.225 e. The summed E-state index contributed by atoms with van der Waals surface area (Å²) in [5, 5.41) is 4.91. The van der Waals surface area contributed by atoms with Gasteiger partial charge in [-0.25, -0.2) is 9.97 Å². The summed E-state index contributed by atoms with van der Waals surface area (Å²) < 4.78 is 14.6. The predicted octanol–water partition coefficient (Wildman–Crippen LogP) is 2.37. The van der Waals surface area contributed by atoms with Gasteiger partial charge < -0.3 is 19.3 Å². The van der Waals surface area contributed by atoms with Crippen LogP contribution < -0.4 is 18.9 Å². The van der Waals surface area contributed by atoms with E-state index in [0.717, 1.165) is 41.3 Å². The second-order valence-electron chi connectivity index (χ2n) is 8.17. The van der Waals surface area contributed by atoms with Crippen LogP contribution in [0.2, 0.25) is 0 Å². The number of aromatic nitrogens is 5. The Kier molecular flexibility index (Phi) is 6.41. The molecule has 0 saturated heterocycles. The summed E-state index contributed by atoms with van der Waals surface area (Å²) in [6.45, 7) is 3.81. The van der Waals surface area contributed by atoms with Crippen LogP contribution in [0.1, 0.15) is 5.56 Å². The summed E-state index contributed by atoms with van der Waals surface area (Å²) in [6, 6.07) is 9.68. The lowest BCUT2D eigenvalue weighted by Crippen LogP contribution is -2.30. The zero-order chi connectivity index (χ0) is 23.5. The molecular weight excluding hydrogens is 418 g/mol. The van der Waals surface area contributed by atoms with Crippen molar-refractivity contribution in [3.8, 4) is 34.1 Å². The minimum Gasteiger partial charge on any atom is -0.493 e. The van der Waals surface area contributed by atoms with Crippen molar-refractivity contribution in [1.82, 2.24) is 24.6 Å². The fourth-order valence-corrected chi connectivity index (χ4v) is 3.65. The molecule has 9 heteroatoms. The van der Waals surface area contributed by atoms with E-state index in [4.69, 9.17) is 19.6 Å². The Morgan fingerprint density at radius 2 is 1.76 bits per heavy atom. The van der Waals surface area contributed by atoms with E-state index in [1.165, 1.54) is 0 Å². The average Bonchev–Trinajstić information content (AvgIpc) is 3.16. The Hall–Kier alpha value is -3.72. The third-order valence-electron chi connectivity index (χ3n) is 5.49. The van der Waals surface area contributed by atoms with Gasteiger partial charge >= 0.3 is 0 Å². The number of aryl methyl sites for hydroxylation is 1. The van der Waals surface area contributed by atoms with Crippen LogP contribution in [-0.4, -0.2) is 73.0 Å². The molecule has 3 aromatic heterocycles. The van der Waals surface area contributed by atoms with Crippen LogP contribution in [0.4, 0.5) is 5.95 Å². The van der Waals surface area contributed by atoms with E-state index in [-0.39, 0.29) is 0 Å². The standard InChI is InChI=1S/C24H30N7O2/c1-17-16-30-12-10-19(18-7-8-21(32-5)22(15-18)33-6)27-31(30)23(17)20-9-11-25-24(26-20)29(4)14-13-28(2)3/h7-12,15-16H,13-14H2,1-6H3/q+1. The van der Waals surface area contributed by atoms with Gasteiger partial charge in [0.1, 0.15) is 18.1 Å². The van der Waals surface area contributed by atoms with Crippen LogP contribution in [0.5, 0.6) is 11.5 Å². The first-order chi connectivity index (χ1) is 15.9. The monoisotopic (exact) mass is 448 g/mol. The molecule has 0 N–H and O–H groups in total. The molecule has 0 saturated carbocycles. The zero-order valence-corrected chi connectivity index (χ0v) is 20.0. The minimum atomic E-state index is 0.662. The summed E-state index contributed by atoms with van der Waals surface area (Å²) in [4.78, 5) is 13.5. The largest absolute Gasteiger partial charge is 0.493 e. The van der Waals surface area contributed by atoms with Crippen molar-refractivity contribution in [2.75, 3.05) is 53.4 Å². The van der Waals surface area contributed by atoms with E-state index in [9.17, 15) is 0 Å². The fourth-order valence-electron chi connectivity index (χ4n) is 3.65. The van der Waals surface area contributed by atoms with E-state index < -0.39 is 0 Å². The number of methoxy groups -OCH3 is 2. The molecule has 0 aliphatic heterocycles. The van der Waals surface area contributed by atoms with Crippen molar-refractivity contribution in [1.29, 1.82) is 0 Å². The van der Waals surface area contributed by atoms with Gasteiger partial charge in [0.25, 0.3) is 0 Å².